The molecule has 0 aliphatic heterocycles. The van der Waals surface area contributed by atoms with Gasteiger partial charge in [-0.15, -0.1) is 0 Å². The number of carbonyl (C=O) groups is 1. The van der Waals surface area contributed by atoms with Crippen molar-refractivity contribution >= 4 is 5.91 Å². The Balaban J connectivity index is 2.26. The molecule has 6 heteroatoms. The Morgan fingerprint density at radius 3 is 2.40 bits per heavy atom. The van der Waals surface area contributed by atoms with Crippen LogP contribution in [0, 0.1) is 20.8 Å². The predicted molar refractivity (Wildman–Crippen MR) is 100 cm³/mol. The smallest absolute Gasteiger partial charge is 0.346 e. The molecule has 1 heterocycles. The second-order valence-electron chi connectivity index (χ2n) is 6.67. The van der Waals surface area contributed by atoms with E-state index in [1.54, 1.807) is 6.07 Å². The fraction of sp³-hybridized carbons (Fsp3) is 0.421. The maximum absolute atomic E-state index is 12.3. The molecular formula is C19H26N4O2. The number of aryl methyl sites for hydroxylation is 3. The van der Waals surface area contributed by atoms with Crippen molar-refractivity contribution in [1.82, 2.24) is 20.2 Å². The van der Waals surface area contributed by atoms with E-state index in [2.05, 4.69) is 20.2 Å². The topological polar surface area (TPSA) is 78.1 Å². The molecule has 2 rings (SSSR count). The van der Waals surface area contributed by atoms with Crippen LogP contribution in [0.1, 0.15) is 33.6 Å². The molecule has 0 unspecified atom stereocenters. The van der Waals surface area contributed by atoms with Crippen LogP contribution in [0.3, 0.4) is 0 Å². The molecule has 0 radical (unpaired) electrons. The van der Waals surface area contributed by atoms with E-state index in [1.807, 2.05) is 47.0 Å². The van der Waals surface area contributed by atoms with Gasteiger partial charge in [0.25, 0.3) is 5.91 Å². The molecule has 1 aromatic carbocycles. The summed E-state index contributed by atoms with van der Waals surface area (Å²) in [4.78, 5) is 32.9. The summed E-state index contributed by atoms with van der Waals surface area (Å²) >= 11 is 0. The molecular weight excluding hydrogens is 316 g/mol. The third-order valence-electron chi connectivity index (χ3n) is 3.99. The van der Waals surface area contributed by atoms with Crippen molar-refractivity contribution in [3.63, 3.8) is 0 Å². The van der Waals surface area contributed by atoms with Crippen molar-refractivity contribution in [1.29, 1.82) is 0 Å². The van der Waals surface area contributed by atoms with Crippen LogP contribution in [-0.4, -0.2) is 48.0 Å². The molecule has 2 N–H and O–H groups in total. The maximum Gasteiger partial charge on any atom is 0.346 e. The van der Waals surface area contributed by atoms with Crippen molar-refractivity contribution in [3.8, 4) is 11.3 Å². The van der Waals surface area contributed by atoms with Gasteiger partial charge in [0.05, 0.1) is 5.69 Å². The predicted octanol–water partition coefficient (Wildman–Crippen LogP) is 2.04. The van der Waals surface area contributed by atoms with Gasteiger partial charge in [0.2, 0.25) is 0 Å². The SMILES string of the molecule is Cc1cc(C)c(-c2cc(C(=O)NCCCN(C)C)[nH]c(=O)n2)c(C)c1. The van der Waals surface area contributed by atoms with Crippen LogP contribution in [0.5, 0.6) is 0 Å². The fourth-order valence-corrected chi connectivity index (χ4v) is 2.98. The Hall–Kier alpha value is -2.47. The van der Waals surface area contributed by atoms with E-state index in [4.69, 9.17) is 0 Å². The van der Waals surface area contributed by atoms with Gasteiger partial charge in [-0.2, -0.15) is 4.98 Å². The molecule has 6 nitrogen and oxygen atoms in total. The number of hydrogen-bond donors (Lipinski definition) is 2. The van der Waals surface area contributed by atoms with Crippen molar-refractivity contribution in [2.45, 2.75) is 27.2 Å². The van der Waals surface area contributed by atoms with Crippen LogP contribution in [0.4, 0.5) is 0 Å². The van der Waals surface area contributed by atoms with Crippen LogP contribution in [-0.2, 0) is 0 Å². The number of aromatic nitrogens is 2. The number of carbonyl (C=O) groups excluding carboxylic acids is 1. The molecule has 0 bridgehead atoms. The summed E-state index contributed by atoms with van der Waals surface area (Å²) in [7, 11) is 3.97. The Morgan fingerprint density at radius 2 is 1.80 bits per heavy atom. The highest BCUT2D eigenvalue weighted by Crippen LogP contribution is 2.26. The molecule has 134 valence electrons. The van der Waals surface area contributed by atoms with Gasteiger partial charge in [-0.1, -0.05) is 17.7 Å². The quantitative estimate of drug-likeness (QED) is 0.788. The van der Waals surface area contributed by atoms with Crippen LogP contribution in [0.25, 0.3) is 11.3 Å². The largest absolute Gasteiger partial charge is 0.351 e. The van der Waals surface area contributed by atoms with E-state index < -0.39 is 5.69 Å². The average Bonchev–Trinajstić information content (AvgIpc) is 2.49. The molecule has 0 spiro atoms. The molecule has 25 heavy (non-hydrogen) atoms. The minimum Gasteiger partial charge on any atom is -0.351 e. The normalized spacial score (nSPS) is 11.0. The van der Waals surface area contributed by atoms with Crippen molar-refractivity contribution in [3.05, 3.63) is 51.1 Å². The minimum atomic E-state index is -0.518. The zero-order valence-corrected chi connectivity index (χ0v) is 15.6. The lowest BCUT2D eigenvalue weighted by Gasteiger charge is -2.12. The maximum atomic E-state index is 12.3. The first-order valence-corrected chi connectivity index (χ1v) is 8.40. The summed E-state index contributed by atoms with van der Waals surface area (Å²) in [6, 6.07) is 5.74. The van der Waals surface area contributed by atoms with Crippen LogP contribution in [0.2, 0.25) is 0 Å². The molecule has 0 aliphatic carbocycles. The second kappa shape index (κ2) is 8.07. The zero-order valence-electron chi connectivity index (χ0n) is 15.6. The van der Waals surface area contributed by atoms with E-state index >= 15 is 0 Å². The highest BCUT2D eigenvalue weighted by Gasteiger charge is 2.13. The fourth-order valence-electron chi connectivity index (χ4n) is 2.98. The molecule has 0 fully saturated rings. The number of rotatable bonds is 6. The Labute approximate surface area is 148 Å². The van der Waals surface area contributed by atoms with Gasteiger partial charge in [0, 0.05) is 12.1 Å². The lowest BCUT2D eigenvalue weighted by atomic mass is 9.97. The molecule has 1 aromatic heterocycles. The summed E-state index contributed by atoms with van der Waals surface area (Å²) in [5.74, 6) is -0.290. The summed E-state index contributed by atoms with van der Waals surface area (Å²) < 4.78 is 0. The first-order chi connectivity index (χ1) is 11.8. The van der Waals surface area contributed by atoms with Gasteiger partial charge < -0.3 is 15.2 Å². The summed E-state index contributed by atoms with van der Waals surface area (Å²) in [6.07, 6.45) is 0.844. The molecule has 0 atom stereocenters. The Morgan fingerprint density at radius 1 is 1.16 bits per heavy atom. The molecule has 0 saturated carbocycles. The number of nitrogens with one attached hydrogen (secondary N) is 2. The van der Waals surface area contributed by atoms with Crippen LogP contribution < -0.4 is 11.0 Å². The monoisotopic (exact) mass is 342 g/mol. The van der Waals surface area contributed by atoms with E-state index in [0.29, 0.717) is 12.2 Å². The van der Waals surface area contributed by atoms with Crippen LogP contribution in [0.15, 0.2) is 23.0 Å². The minimum absolute atomic E-state index is 0.235. The third kappa shape index (κ3) is 5.00. The average molecular weight is 342 g/mol. The first-order valence-electron chi connectivity index (χ1n) is 8.40. The van der Waals surface area contributed by atoms with Gasteiger partial charge in [-0.25, -0.2) is 4.79 Å². The summed E-state index contributed by atoms with van der Waals surface area (Å²) in [6.45, 7) is 7.44. The molecule has 1 amide bonds. The van der Waals surface area contributed by atoms with E-state index in [0.717, 1.165) is 35.2 Å². The zero-order chi connectivity index (χ0) is 18.6. The van der Waals surface area contributed by atoms with Gasteiger partial charge in [-0.3, -0.25) is 4.79 Å². The number of H-pyrrole nitrogens is 1. The molecule has 2 aromatic rings. The van der Waals surface area contributed by atoms with Crippen LogP contribution >= 0.6 is 0 Å². The van der Waals surface area contributed by atoms with Gasteiger partial charge >= 0.3 is 5.69 Å². The number of nitrogens with zero attached hydrogens (tertiary/aromatic N) is 2. The first kappa shape index (κ1) is 18.9. The lowest BCUT2D eigenvalue weighted by Crippen LogP contribution is -2.29. The number of amides is 1. The highest BCUT2D eigenvalue weighted by atomic mass is 16.2. The molecule has 0 saturated heterocycles. The summed E-state index contributed by atoms with van der Waals surface area (Å²) in [5, 5.41) is 2.84. The standard InChI is InChI=1S/C19H26N4O2/c1-12-9-13(2)17(14(3)10-12)15-11-16(22-19(25)21-15)18(24)20-7-6-8-23(4)5/h9-11H,6-8H2,1-5H3,(H,20,24)(H,21,22,25). The Bertz CT molecular complexity index is 801. The van der Waals surface area contributed by atoms with Crippen molar-refractivity contribution in [2.24, 2.45) is 0 Å². The van der Waals surface area contributed by atoms with E-state index in [1.165, 1.54) is 0 Å². The Kier molecular flexibility index (Phi) is 6.09. The highest BCUT2D eigenvalue weighted by molar-refractivity contribution is 5.93. The van der Waals surface area contributed by atoms with E-state index in [9.17, 15) is 9.59 Å². The molecule has 0 aliphatic rings. The number of aromatic amines is 1. The van der Waals surface area contributed by atoms with Gasteiger partial charge in [0.15, 0.2) is 0 Å². The third-order valence-corrected chi connectivity index (χ3v) is 3.99. The summed E-state index contributed by atoms with van der Waals surface area (Å²) in [5.41, 5.74) is 4.37. The van der Waals surface area contributed by atoms with Crippen molar-refractivity contribution < 1.29 is 4.79 Å². The van der Waals surface area contributed by atoms with Crippen molar-refractivity contribution in [2.75, 3.05) is 27.2 Å². The second-order valence-corrected chi connectivity index (χ2v) is 6.67. The van der Waals surface area contributed by atoms with E-state index in [-0.39, 0.29) is 11.6 Å². The lowest BCUT2D eigenvalue weighted by molar-refractivity contribution is 0.0947. The number of hydrogen-bond acceptors (Lipinski definition) is 4. The van der Waals surface area contributed by atoms with Gasteiger partial charge in [0.1, 0.15) is 5.69 Å². The van der Waals surface area contributed by atoms with Gasteiger partial charge in [-0.05, 0) is 65.0 Å². The number of benzene rings is 1.